The highest BCUT2D eigenvalue weighted by atomic mass is 19.4. The normalized spacial score (nSPS) is 15.4. The highest BCUT2D eigenvalue weighted by molar-refractivity contribution is 5.85. The van der Waals surface area contributed by atoms with E-state index < -0.39 is 11.7 Å². The first-order chi connectivity index (χ1) is 12.5. The molecule has 1 N–H and O–H groups in total. The molecule has 1 fully saturated rings. The summed E-state index contributed by atoms with van der Waals surface area (Å²) < 4.78 is 37.8. The molecule has 0 radical (unpaired) electrons. The molecule has 2 aromatic heterocycles. The van der Waals surface area contributed by atoms with Gasteiger partial charge in [0.1, 0.15) is 17.7 Å². The largest absolute Gasteiger partial charge is 0.416 e. The fourth-order valence-electron chi connectivity index (χ4n) is 3.04. The fourth-order valence-corrected chi connectivity index (χ4v) is 3.04. The van der Waals surface area contributed by atoms with Crippen molar-refractivity contribution in [1.29, 1.82) is 0 Å². The van der Waals surface area contributed by atoms with E-state index in [9.17, 15) is 13.2 Å². The quantitative estimate of drug-likeness (QED) is 0.764. The lowest BCUT2D eigenvalue weighted by molar-refractivity contribution is -0.137. The minimum absolute atomic E-state index is 0.578. The van der Waals surface area contributed by atoms with Gasteiger partial charge in [0.15, 0.2) is 11.5 Å². The number of aromatic nitrogens is 4. The van der Waals surface area contributed by atoms with Crippen molar-refractivity contribution < 1.29 is 13.2 Å². The Kier molecular flexibility index (Phi) is 4.10. The number of anilines is 1. The van der Waals surface area contributed by atoms with Gasteiger partial charge in [0.05, 0.1) is 5.56 Å². The Morgan fingerprint density at radius 1 is 1.00 bits per heavy atom. The summed E-state index contributed by atoms with van der Waals surface area (Å²) in [4.78, 5) is 18.4. The third-order valence-electron chi connectivity index (χ3n) is 4.36. The maximum atomic E-state index is 12.6. The summed E-state index contributed by atoms with van der Waals surface area (Å²) in [6.07, 6.45) is 2.88. The topological polar surface area (TPSA) is 57.7 Å². The number of benzene rings is 1. The molecule has 8 heteroatoms. The van der Waals surface area contributed by atoms with Crippen LogP contribution >= 0.6 is 0 Å². The van der Waals surface area contributed by atoms with Crippen LogP contribution in [0.5, 0.6) is 0 Å². The van der Waals surface area contributed by atoms with Gasteiger partial charge in [-0.1, -0.05) is 18.2 Å². The number of hydrogen-bond donors (Lipinski definition) is 1. The first-order valence-corrected chi connectivity index (χ1v) is 8.32. The maximum absolute atomic E-state index is 12.6. The molecule has 3 aromatic rings. The molecule has 0 unspecified atom stereocenters. The molecule has 1 aromatic carbocycles. The number of halogens is 3. The van der Waals surface area contributed by atoms with E-state index in [1.54, 1.807) is 12.2 Å². The van der Waals surface area contributed by atoms with Crippen molar-refractivity contribution in [2.24, 2.45) is 0 Å². The zero-order valence-electron chi connectivity index (χ0n) is 13.8. The number of H-pyrrole nitrogens is 1. The highest BCUT2D eigenvalue weighted by Crippen LogP contribution is 2.29. The highest BCUT2D eigenvalue weighted by Gasteiger charge is 2.29. The summed E-state index contributed by atoms with van der Waals surface area (Å²) in [5, 5.41) is 0. The number of nitrogens with one attached hydrogen (secondary N) is 1. The summed E-state index contributed by atoms with van der Waals surface area (Å²) in [5.41, 5.74) is 1.35. The van der Waals surface area contributed by atoms with Crippen molar-refractivity contribution in [3.05, 3.63) is 47.5 Å². The van der Waals surface area contributed by atoms with E-state index in [4.69, 9.17) is 0 Å². The number of imidazole rings is 1. The van der Waals surface area contributed by atoms with E-state index in [1.165, 1.54) is 18.5 Å². The molecule has 4 rings (SSSR count). The summed E-state index contributed by atoms with van der Waals surface area (Å²) in [6.45, 7) is 1.92. The molecular formula is C18H16F3N5. The number of fused-ring (bicyclic) bond motifs is 1. The average molecular weight is 359 g/mol. The van der Waals surface area contributed by atoms with Crippen LogP contribution in [0.1, 0.15) is 29.8 Å². The molecule has 0 saturated carbocycles. The van der Waals surface area contributed by atoms with Gasteiger partial charge in [-0.2, -0.15) is 13.2 Å². The summed E-state index contributed by atoms with van der Waals surface area (Å²) in [6, 6.07) is 4.99. The second kappa shape index (κ2) is 6.44. The second-order valence-corrected chi connectivity index (χ2v) is 6.17. The molecule has 1 saturated heterocycles. The molecule has 0 bridgehead atoms. The molecule has 3 heterocycles. The van der Waals surface area contributed by atoms with Gasteiger partial charge in [-0.3, -0.25) is 0 Å². The van der Waals surface area contributed by atoms with Gasteiger partial charge in [0.2, 0.25) is 0 Å². The number of rotatable bonds is 3. The lowest BCUT2D eigenvalue weighted by Crippen LogP contribution is -2.19. The van der Waals surface area contributed by atoms with Crippen LogP contribution in [-0.4, -0.2) is 33.0 Å². The SMILES string of the molecule is FC(F)(F)c1ccc(/C=C/c2nc3ncnc(N4CCCC4)c3[nH]2)cc1. The summed E-state index contributed by atoms with van der Waals surface area (Å²) in [7, 11) is 0. The van der Waals surface area contributed by atoms with Crippen LogP contribution in [0.25, 0.3) is 23.3 Å². The number of nitrogens with zero attached hydrogens (tertiary/aromatic N) is 4. The second-order valence-electron chi connectivity index (χ2n) is 6.17. The third-order valence-corrected chi connectivity index (χ3v) is 4.36. The third kappa shape index (κ3) is 3.26. The van der Waals surface area contributed by atoms with Crippen LogP contribution in [0.4, 0.5) is 19.0 Å². The molecule has 26 heavy (non-hydrogen) atoms. The number of aromatic amines is 1. The fraction of sp³-hybridized carbons (Fsp3) is 0.278. The average Bonchev–Trinajstić information content (AvgIpc) is 3.28. The Labute approximate surface area is 147 Å². The number of hydrogen-bond acceptors (Lipinski definition) is 4. The summed E-state index contributed by atoms with van der Waals surface area (Å²) >= 11 is 0. The minimum Gasteiger partial charge on any atom is -0.355 e. The molecule has 0 atom stereocenters. The Bertz CT molecular complexity index is 938. The van der Waals surface area contributed by atoms with Gasteiger partial charge in [0.25, 0.3) is 0 Å². The molecule has 1 aliphatic rings. The first-order valence-electron chi connectivity index (χ1n) is 8.32. The zero-order chi connectivity index (χ0) is 18.1. The van der Waals surface area contributed by atoms with Crippen LogP contribution in [0.3, 0.4) is 0 Å². The molecule has 1 aliphatic heterocycles. The van der Waals surface area contributed by atoms with Gasteiger partial charge in [0, 0.05) is 13.1 Å². The first kappa shape index (κ1) is 16.6. The maximum Gasteiger partial charge on any atom is 0.416 e. The van der Waals surface area contributed by atoms with E-state index in [-0.39, 0.29) is 0 Å². The predicted octanol–water partition coefficient (Wildman–Crippen LogP) is 4.14. The molecule has 0 amide bonds. The molecular weight excluding hydrogens is 343 g/mol. The van der Waals surface area contributed by atoms with E-state index in [1.807, 2.05) is 0 Å². The van der Waals surface area contributed by atoms with Crippen LogP contribution < -0.4 is 4.90 Å². The smallest absolute Gasteiger partial charge is 0.355 e. The zero-order valence-corrected chi connectivity index (χ0v) is 13.8. The molecule has 0 spiro atoms. The van der Waals surface area contributed by atoms with Crippen molar-refractivity contribution in [3.63, 3.8) is 0 Å². The minimum atomic E-state index is -4.33. The van der Waals surface area contributed by atoms with Crippen LogP contribution in [0, 0.1) is 0 Å². The van der Waals surface area contributed by atoms with Crippen molar-refractivity contribution in [1.82, 2.24) is 19.9 Å². The Morgan fingerprint density at radius 3 is 2.42 bits per heavy atom. The van der Waals surface area contributed by atoms with E-state index >= 15 is 0 Å². The van der Waals surface area contributed by atoms with Crippen molar-refractivity contribution in [2.45, 2.75) is 19.0 Å². The van der Waals surface area contributed by atoms with Gasteiger partial charge in [-0.05, 0) is 36.6 Å². The van der Waals surface area contributed by atoms with Crippen LogP contribution in [-0.2, 0) is 6.18 Å². The lowest BCUT2D eigenvalue weighted by atomic mass is 10.1. The van der Waals surface area contributed by atoms with Gasteiger partial charge in [-0.15, -0.1) is 0 Å². The predicted molar refractivity (Wildman–Crippen MR) is 93.5 cm³/mol. The van der Waals surface area contributed by atoms with Gasteiger partial charge >= 0.3 is 6.18 Å². The monoisotopic (exact) mass is 359 g/mol. The van der Waals surface area contributed by atoms with Crippen LogP contribution in [0.15, 0.2) is 30.6 Å². The Balaban J connectivity index is 1.59. The van der Waals surface area contributed by atoms with Gasteiger partial charge in [-0.25, -0.2) is 15.0 Å². The van der Waals surface area contributed by atoms with Crippen molar-refractivity contribution >= 4 is 29.1 Å². The van der Waals surface area contributed by atoms with Gasteiger partial charge < -0.3 is 9.88 Å². The molecule has 134 valence electrons. The van der Waals surface area contributed by atoms with Crippen molar-refractivity contribution in [3.8, 4) is 0 Å². The summed E-state index contributed by atoms with van der Waals surface area (Å²) in [5.74, 6) is 1.43. The van der Waals surface area contributed by atoms with Crippen LogP contribution in [0.2, 0.25) is 0 Å². The Morgan fingerprint density at radius 2 is 1.73 bits per heavy atom. The lowest BCUT2D eigenvalue weighted by Gasteiger charge is -2.15. The van der Waals surface area contributed by atoms with E-state index in [0.717, 1.165) is 49.4 Å². The van der Waals surface area contributed by atoms with E-state index in [0.29, 0.717) is 17.0 Å². The standard InChI is InChI=1S/C18H16F3N5/c19-18(20,21)13-6-3-12(4-7-13)5-8-14-24-15-16(25-14)22-11-23-17(15)26-9-1-2-10-26/h3-8,11H,1-2,9-10H2,(H,22,23,24,25)/b8-5+. The number of alkyl halides is 3. The van der Waals surface area contributed by atoms with Crippen molar-refractivity contribution in [2.75, 3.05) is 18.0 Å². The van der Waals surface area contributed by atoms with E-state index in [2.05, 4.69) is 24.8 Å². The molecule has 0 aliphatic carbocycles. The molecule has 5 nitrogen and oxygen atoms in total. The Hall–Kier alpha value is -2.90.